The van der Waals surface area contributed by atoms with E-state index in [9.17, 15) is 14.7 Å². The van der Waals surface area contributed by atoms with Gasteiger partial charge in [-0.2, -0.15) is 0 Å². The third kappa shape index (κ3) is 3.94. The zero-order valence-electron chi connectivity index (χ0n) is 18.5. The van der Waals surface area contributed by atoms with E-state index in [0.29, 0.717) is 43.1 Å². The first-order chi connectivity index (χ1) is 14.7. The number of halogens is 1. The van der Waals surface area contributed by atoms with Crippen LogP contribution in [0.1, 0.15) is 36.2 Å². The van der Waals surface area contributed by atoms with Gasteiger partial charge in [0.05, 0.1) is 19.4 Å². The quantitative estimate of drug-likeness (QED) is 0.510. The van der Waals surface area contributed by atoms with E-state index in [2.05, 4.69) is 0 Å². The van der Waals surface area contributed by atoms with Crippen molar-refractivity contribution < 1.29 is 28.5 Å². The fraction of sp³-hybridized carbons (Fsp3) is 0.455. The molecule has 3 rings (SSSR count). The van der Waals surface area contributed by atoms with Gasteiger partial charge in [0.25, 0.3) is 0 Å². The summed E-state index contributed by atoms with van der Waals surface area (Å²) in [6.45, 7) is 4.96. The number of methoxy groups -OCH3 is 2. The predicted octanol–water partition coefficient (Wildman–Crippen LogP) is 2.27. The van der Waals surface area contributed by atoms with Crippen molar-refractivity contribution in [1.29, 1.82) is 0 Å². The number of aromatic nitrogens is 1. The summed E-state index contributed by atoms with van der Waals surface area (Å²) < 4.78 is 33.3. The molecule has 7 nitrogen and oxygen atoms in total. The van der Waals surface area contributed by atoms with E-state index in [-0.39, 0.29) is 11.6 Å². The van der Waals surface area contributed by atoms with Crippen molar-refractivity contribution in [1.82, 2.24) is 4.57 Å². The number of hydrogen-bond donors (Lipinski definition) is 1. The molecule has 0 unspecified atom stereocenters. The number of benzene rings is 1. The molecule has 31 heavy (non-hydrogen) atoms. The molecule has 0 radical (unpaired) electrons. The predicted molar refractivity (Wildman–Crippen MR) is 117 cm³/mol. The van der Waals surface area contributed by atoms with E-state index < -0.39 is 28.2 Å². The Morgan fingerprint density at radius 2 is 2.00 bits per heavy atom. The second-order valence-electron chi connectivity index (χ2n) is 8.25. The summed E-state index contributed by atoms with van der Waals surface area (Å²) in [7, 11) is 5.04. The Bertz CT molecular complexity index is 1070. The molecule has 0 aliphatic carbocycles. The molecular weight excluding hydrogens is 404 g/mol. The Morgan fingerprint density at radius 1 is 1.29 bits per heavy atom. The van der Waals surface area contributed by atoms with Crippen LogP contribution in [0.25, 0.3) is 11.3 Å². The van der Waals surface area contributed by atoms with E-state index >= 15 is 4.39 Å². The normalized spacial score (nSPS) is 17.2. The van der Waals surface area contributed by atoms with Crippen LogP contribution >= 0.6 is 0 Å². The maximum Gasteiger partial charge on any atom is 0.341 e. The molecule has 1 atom stereocenters. The monoisotopic (exact) mass is 431 g/mol. The third-order valence-electron chi connectivity index (χ3n) is 6.12. The van der Waals surface area contributed by atoms with Gasteiger partial charge >= 0.3 is 5.97 Å². The summed E-state index contributed by atoms with van der Waals surface area (Å²) in [6, 6.07) is 3.47. The summed E-state index contributed by atoms with van der Waals surface area (Å²) in [5.74, 6) is -1.57. The lowest BCUT2D eigenvalue weighted by molar-refractivity contribution is 0.0693. The van der Waals surface area contributed by atoms with Gasteiger partial charge in [-0.25, -0.2) is 9.18 Å². The standard InChI is InChI=1S/C22H27BFNO6/c1-12(2)22(23)10-13-8-17(31-7-5-6-29-3)16(30-4)9-14(13)19-18(24)20(26)15(21(27)28)11-25(19)22/h8-9,11-12H,5-7,10,23H2,1-4H3,(H,27,28)/t22-/m0/s1. The first-order valence-electron chi connectivity index (χ1n) is 10.2. The van der Waals surface area contributed by atoms with E-state index in [0.717, 1.165) is 5.56 Å². The Balaban J connectivity index is 2.24. The molecule has 1 aromatic heterocycles. The Hall–Kier alpha value is -2.81. The van der Waals surface area contributed by atoms with Crippen LogP contribution in [-0.2, 0) is 16.6 Å². The molecule has 0 bridgehead atoms. The largest absolute Gasteiger partial charge is 0.493 e. The number of carboxylic acids is 1. The van der Waals surface area contributed by atoms with Crippen LogP contribution in [0, 0.1) is 11.7 Å². The van der Waals surface area contributed by atoms with Crippen LogP contribution in [0.5, 0.6) is 11.5 Å². The smallest absolute Gasteiger partial charge is 0.341 e. The number of nitrogens with zero attached hydrogens (tertiary/aromatic N) is 1. The summed E-state index contributed by atoms with van der Waals surface area (Å²) in [6.07, 6.45) is 2.46. The Morgan fingerprint density at radius 3 is 2.58 bits per heavy atom. The van der Waals surface area contributed by atoms with Crippen molar-refractivity contribution in [3.8, 4) is 22.8 Å². The third-order valence-corrected chi connectivity index (χ3v) is 6.12. The van der Waals surface area contributed by atoms with Crippen LogP contribution in [0.2, 0.25) is 0 Å². The number of carbonyl (C=O) groups is 1. The topological polar surface area (TPSA) is 87.0 Å². The summed E-state index contributed by atoms with van der Waals surface area (Å²) in [5, 5.41) is 9.41. The molecule has 1 aromatic carbocycles. The molecule has 0 spiro atoms. The van der Waals surface area contributed by atoms with Gasteiger partial charge in [-0.3, -0.25) is 4.79 Å². The van der Waals surface area contributed by atoms with Crippen molar-refractivity contribution in [2.75, 3.05) is 27.4 Å². The Kier molecular flexibility index (Phi) is 6.45. The lowest BCUT2D eigenvalue weighted by Gasteiger charge is -2.43. The molecule has 2 aromatic rings. The van der Waals surface area contributed by atoms with E-state index in [4.69, 9.17) is 14.2 Å². The zero-order chi connectivity index (χ0) is 22.9. The highest BCUT2D eigenvalue weighted by Gasteiger charge is 2.40. The van der Waals surface area contributed by atoms with Gasteiger partial charge in [-0.15, -0.1) is 0 Å². The van der Waals surface area contributed by atoms with Crippen molar-refractivity contribution in [3.63, 3.8) is 0 Å². The lowest BCUT2D eigenvalue weighted by Crippen LogP contribution is -2.46. The maximum atomic E-state index is 15.3. The van der Waals surface area contributed by atoms with Crippen LogP contribution in [0.15, 0.2) is 23.1 Å². The molecule has 2 heterocycles. The summed E-state index contributed by atoms with van der Waals surface area (Å²) in [4.78, 5) is 24.0. The molecular formula is C22H27BFNO6. The minimum atomic E-state index is -1.45. The second-order valence-corrected chi connectivity index (χ2v) is 8.25. The van der Waals surface area contributed by atoms with Gasteiger partial charge in [-0.1, -0.05) is 13.8 Å². The van der Waals surface area contributed by atoms with Gasteiger partial charge in [-0.05, 0) is 30.0 Å². The van der Waals surface area contributed by atoms with Gasteiger partial charge in [0.2, 0.25) is 5.43 Å². The summed E-state index contributed by atoms with van der Waals surface area (Å²) >= 11 is 0. The molecule has 166 valence electrons. The first kappa shape index (κ1) is 22.9. The molecule has 0 saturated heterocycles. The number of pyridine rings is 1. The zero-order valence-corrected chi connectivity index (χ0v) is 18.5. The Labute approximate surface area is 181 Å². The molecule has 0 saturated carbocycles. The van der Waals surface area contributed by atoms with Crippen LogP contribution in [0.3, 0.4) is 0 Å². The van der Waals surface area contributed by atoms with E-state index in [1.807, 2.05) is 27.8 Å². The fourth-order valence-electron chi connectivity index (χ4n) is 3.97. The van der Waals surface area contributed by atoms with E-state index in [1.165, 1.54) is 13.3 Å². The molecule has 0 fully saturated rings. The number of fused-ring (bicyclic) bond motifs is 3. The highest BCUT2D eigenvalue weighted by atomic mass is 19.1. The minimum absolute atomic E-state index is 0.0242. The first-order valence-corrected chi connectivity index (χ1v) is 10.2. The highest BCUT2D eigenvalue weighted by molar-refractivity contribution is 6.14. The number of rotatable bonds is 8. The van der Waals surface area contributed by atoms with Crippen molar-refractivity contribution in [2.45, 2.75) is 32.1 Å². The molecule has 1 N–H and O–H groups in total. The van der Waals surface area contributed by atoms with Gasteiger partial charge in [0.15, 0.2) is 17.3 Å². The average Bonchev–Trinajstić information content (AvgIpc) is 2.72. The van der Waals surface area contributed by atoms with Gasteiger partial charge in [0, 0.05) is 37.3 Å². The SMILES string of the molecule is B[C@@]1(C(C)C)Cc2cc(OCCCOC)c(OC)cc2-c2c(F)c(=O)c(C(=O)O)cn21. The summed E-state index contributed by atoms with van der Waals surface area (Å²) in [5.41, 5.74) is -0.996. The lowest BCUT2D eigenvalue weighted by atomic mass is 9.63. The minimum Gasteiger partial charge on any atom is -0.493 e. The average molecular weight is 431 g/mol. The van der Waals surface area contributed by atoms with Crippen LogP contribution in [-0.4, -0.2) is 50.9 Å². The fourth-order valence-corrected chi connectivity index (χ4v) is 3.97. The second kappa shape index (κ2) is 8.74. The molecule has 1 aliphatic heterocycles. The van der Waals surface area contributed by atoms with E-state index in [1.54, 1.807) is 17.7 Å². The van der Waals surface area contributed by atoms with Gasteiger partial charge < -0.3 is 23.9 Å². The van der Waals surface area contributed by atoms with Crippen molar-refractivity contribution in [2.24, 2.45) is 5.92 Å². The van der Waals surface area contributed by atoms with Gasteiger partial charge in [0.1, 0.15) is 13.4 Å². The van der Waals surface area contributed by atoms with Crippen molar-refractivity contribution >= 4 is 13.8 Å². The number of ether oxygens (including phenoxy) is 3. The molecule has 0 amide bonds. The number of carboxylic acid groups (broad SMARTS) is 1. The van der Waals surface area contributed by atoms with Crippen LogP contribution in [0.4, 0.5) is 4.39 Å². The maximum absolute atomic E-state index is 15.3. The molecule has 9 heteroatoms. The van der Waals surface area contributed by atoms with Crippen molar-refractivity contribution in [3.05, 3.63) is 45.5 Å². The highest BCUT2D eigenvalue weighted by Crippen LogP contribution is 2.45. The van der Waals surface area contributed by atoms with Crippen LogP contribution < -0.4 is 14.9 Å². The number of aromatic carboxylic acids is 1. The number of hydrogen-bond acceptors (Lipinski definition) is 5. The molecule has 1 aliphatic rings.